The summed E-state index contributed by atoms with van der Waals surface area (Å²) in [6.07, 6.45) is 4.38. The molecule has 1 unspecified atom stereocenters. The van der Waals surface area contributed by atoms with Gasteiger partial charge in [-0.05, 0) is 36.6 Å². The van der Waals surface area contributed by atoms with Gasteiger partial charge in [-0.2, -0.15) is 0 Å². The van der Waals surface area contributed by atoms with Gasteiger partial charge in [-0.25, -0.2) is 0 Å². The van der Waals surface area contributed by atoms with Gasteiger partial charge in [-0.1, -0.05) is 25.3 Å². The molecule has 0 amide bonds. The van der Waals surface area contributed by atoms with E-state index in [0.717, 1.165) is 12.1 Å². The first-order valence-electron chi connectivity index (χ1n) is 6.03. The van der Waals surface area contributed by atoms with Gasteiger partial charge in [0.15, 0.2) is 0 Å². The van der Waals surface area contributed by atoms with Gasteiger partial charge < -0.3 is 9.73 Å². The highest BCUT2D eigenvalue weighted by atomic mass is 32.1. The molecule has 0 aliphatic rings. The van der Waals surface area contributed by atoms with Gasteiger partial charge in [0.25, 0.3) is 0 Å². The van der Waals surface area contributed by atoms with E-state index in [9.17, 15) is 0 Å². The fraction of sp³-hybridized carbons (Fsp3) is 0.538. The van der Waals surface area contributed by atoms with Crippen LogP contribution in [0, 0.1) is 0 Å². The second kappa shape index (κ2) is 5.20. The predicted molar refractivity (Wildman–Crippen MR) is 72.8 cm³/mol. The molecule has 2 rings (SSSR count). The number of hydrogen-bond acceptors (Lipinski definition) is 5. The summed E-state index contributed by atoms with van der Waals surface area (Å²) in [6, 6.07) is 2.23. The van der Waals surface area contributed by atoms with Crippen molar-refractivity contribution in [2.45, 2.75) is 38.6 Å². The summed E-state index contributed by atoms with van der Waals surface area (Å²) in [6.45, 7) is 6.49. The molecule has 0 saturated heterocycles. The molecule has 1 N–H and O–H groups in total. The summed E-state index contributed by atoms with van der Waals surface area (Å²) in [4.78, 5) is 1.21. The van der Waals surface area contributed by atoms with Gasteiger partial charge >= 0.3 is 0 Å². The minimum atomic E-state index is 0.0217. The number of hydrogen-bond donors (Lipinski definition) is 1. The topological polar surface area (TPSA) is 51.0 Å². The van der Waals surface area contributed by atoms with E-state index in [-0.39, 0.29) is 11.5 Å². The van der Waals surface area contributed by atoms with Gasteiger partial charge in [0.05, 0.1) is 23.1 Å². The molecule has 2 heterocycles. The second-order valence-electron chi connectivity index (χ2n) is 5.41. The molecule has 98 valence electrons. The van der Waals surface area contributed by atoms with Crippen molar-refractivity contribution in [3.8, 4) is 0 Å². The van der Waals surface area contributed by atoms with Crippen LogP contribution in [0.3, 0.4) is 0 Å². The van der Waals surface area contributed by atoms with Gasteiger partial charge in [0, 0.05) is 11.5 Å². The monoisotopic (exact) mass is 265 g/mol. The van der Waals surface area contributed by atoms with Crippen molar-refractivity contribution >= 4 is 11.5 Å². The minimum absolute atomic E-state index is 0.0217. The van der Waals surface area contributed by atoms with Crippen molar-refractivity contribution in [3.05, 3.63) is 34.7 Å². The normalized spacial score (nSPS) is 13.8. The van der Waals surface area contributed by atoms with Crippen LogP contribution >= 0.6 is 11.5 Å². The zero-order chi connectivity index (χ0) is 13.2. The van der Waals surface area contributed by atoms with Crippen molar-refractivity contribution in [2.24, 2.45) is 0 Å². The molecule has 0 saturated carbocycles. The number of furan rings is 1. The zero-order valence-electron chi connectivity index (χ0n) is 11.2. The molecule has 2 aromatic heterocycles. The van der Waals surface area contributed by atoms with E-state index in [2.05, 4.69) is 35.7 Å². The third-order valence-corrected chi connectivity index (χ3v) is 3.75. The van der Waals surface area contributed by atoms with Crippen molar-refractivity contribution in [1.82, 2.24) is 14.9 Å². The number of nitrogens with zero attached hydrogens (tertiary/aromatic N) is 2. The van der Waals surface area contributed by atoms with Crippen LogP contribution < -0.4 is 5.32 Å². The van der Waals surface area contributed by atoms with E-state index in [1.54, 1.807) is 12.5 Å². The highest BCUT2D eigenvalue weighted by Crippen LogP contribution is 2.31. The summed E-state index contributed by atoms with van der Waals surface area (Å²) in [5.74, 6) is 0. The number of aromatic nitrogens is 2. The molecule has 1 atom stereocenters. The number of likely N-dealkylation sites (N-methyl/N-ethyl adjacent to an activating group) is 1. The maximum Gasteiger partial charge on any atom is 0.0935 e. The van der Waals surface area contributed by atoms with Crippen LogP contribution in [0.2, 0.25) is 0 Å². The number of rotatable bonds is 4. The molecule has 0 radical (unpaired) electrons. The van der Waals surface area contributed by atoms with E-state index < -0.39 is 0 Å². The van der Waals surface area contributed by atoms with Crippen LogP contribution in [0.5, 0.6) is 0 Å². The Bertz CT molecular complexity index is 485. The first-order chi connectivity index (χ1) is 8.52. The van der Waals surface area contributed by atoms with E-state index >= 15 is 0 Å². The van der Waals surface area contributed by atoms with E-state index in [4.69, 9.17) is 4.42 Å². The summed E-state index contributed by atoms with van der Waals surface area (Å²) < 4.78 is 9.23. The van der Waals surface area contributed by atoms with Crippen LogP contribution in [0.15, 0.2) is 23.0 Å². The smallest absolute Gasteiger partial charge is 0.0935 e. The first-order valence-corrected chi connectivity index (χ1v) is 6.80. The lowest BCUT2D eigenvalue weighted by atomic mass is 9.89. The lowest BCUT2D eigenvalue weighted by molar-refractivity contribution is 0.526. The molecule has 2 aromatic rings. The van der Waals surface area contributed by atoms with Gasteiger partial charge in [0.1, 0.15) is 0 Å². The van der Waals surface area contributed by atoms with Crippen LogP contribution in [-0.2, 0) is 11.8 Å². The summed E-state index contributed by atoms with van der Waals surface area (Å²) in [5.41, 5.74) is 2.28. The molecule has 5 heteroatoms. The van der Waals surface area contributed by atoms with Crippen molar-refractivity contribution in [2.75, 3.05) is 7.05 Å². The van der Waals surface area contributed by atoms with Gasteiger partial charge in [-0.15, -0.1) is 5.10 Å². The second-order valence-corrected chi connectivity index (χ2v) is 6.20. The molecular weight excluding hydrogens is 246 g/mol. The predicted octanol–water partition coefficient (Wildman–Crippen LogP) is 2.93. The SMILES string of the molecule is CNC(Cc1ccoc1)c1snnc1C(C)(C)C. The third-order valence-electron chi connectivity index (χ3n) is 2.91. The molecule has 0 aliphatic carbocycles. The standard InChI is InChI=1S/C13H19N3OS/c1-13(2,3)12-11(18-16-15-12)10(14-4)7-9-5-6-17-8-9/h5-6,8,10,14H,7H2,1-4H3. The first kappa shape index (κ1) is 13.2. The Hall–Kier alpha value is -1.20. The fourth-order valence-electron chi connectivity index (χ4n) is 1.92. The Morgan fingerprint density at radius 2 is 2.22 bits per heavy atom. The number of nitrogens with one attached hydrogen (secondary N) is 1. The van der Waals surface area contributed by atoms with Gasteiger partial charge in [-0.3, -0.25) is 0 Å². The Morgan fingerprint density at radius 1 is 1.44 bits per heavy atom. The highest BCUT2D eigenvalue weighted by Gasteiger charge is 2.26. The lowest BCUT2D eigenvalue weighted by Crippen LogP contribution is -2.23. The lowest BCUT2D eigenvalue weighted by Gasteiger charge is -2.21. The van der Waals surface area contributed by atoms with Gasteiger partial charge in [0.2, 0.25) is 0 Å². The average Bonchev–Trinajstić information content (AvgIpc) is 2.95. The van der Waals surface area contributed by atoms with E-state index in [1.165, 1.54) is 22.0 Å². The van der Waals surface area contributed by atoms with Crippen LogP contribution in [0.1, 0.15) is 42.9 Å². The van der Waals surface area contributed by atoms with Crippen molar-refractivity contribution in [3.63, 3.8) is 0 Å². The van der Waals surface area contributed by atoms with Crippen LogP contribution in [-0.4, -0.2) is 16.6 Å². The Balaban J connectivity index is 2.25. The molecule has 18 heavy (non-hydrogen) atoms. The Kier molecular flexibility index (Phi) is 3.82. The summed E-state index contributed by atoms with van der Waals surface area (Å²) in [5, 5.41) is 7.63. The summed E-state index contributed by atoms with van der Waals surface area (Å²) in [7, 11) is 1.97. The van der Waals surface area contributed by atoms with Crippen molar-refractivity contribution in [1.29, 1.82) is 0 Å². The molecule has 0 fully saturated rings. The van der Waals surface area contributed by atoms with Crippen molar-refractivity contribution < 1.29 is 4.42 Å². The average molecular weight is 265 g/mol. The zero-order valence-corrected chi connectivity index (χ0v) is 12.0. The van der Waals surface area contributed by atoms with E-state index in [1.807, 2.05) is 13.1 Å². The maximum atomic E-state index is 5.12. The van der Waals surface area contributed by atoms with E-state index in [0.29, 0.717) is 0 Å². The Morgan fingerprint density at radius 3 is 2.78 bits per heavy atom. The maximum absolute atomic E-state index is 5.12. The van der Waals surface area contributed by atoms with Crippen LogP contribution in [0.25, 0.3) is 0 Å². The fourth-order valence-corrected chi connectivity index (χ4v) is 2.89. The molecule has 0 bridgehead atoms. The molecule has 0 spiro atoms. The molecule has 0 aliphatic heterocycles. The van der Waals surface area contributed by atoms with Crippen LogP contribution in [0.4, 0.5) is 0 Å². The molecule has 0 aromatic carbocycles. The summed E-state index contributed by atoms with van der Waals surface area (Å²) >= 11 is 1.48. The quantitative estimate of drug-likeness (QED) is 0.923. The third kappa shape index (κ3) is 2.79. The highest BCUT2D eigenvalue weighted by molar-refractivity contribution is 7.05. The molecule has 4 nitrogen and oxygen atoms in total. The largest absolute Gasteiger partial charge is 0.472 e. The molecular formula is C13H19N3OS. The Labute approximate surface area is 112 Å². The minimum Gasteiger partial charge on any atom is -0.472 e.